The zero-order valence-electron chi connectivity index (χ0n) is 10.2. The Bertz CT molecular complexity index is 382. The minimum absolute atomic E-state index is 0.233. The Kier molecular flexibility index (Phi) is 4.72. The molecule has 0 aromatic heterocycles. The van der Waals surface area contributed by atoms with Crippen molar-refractivity contribution >= 4 is 0 Å². The van der Waals surface area contributed by atoms with E-state index in [0.717, 1.165) is 0 Å². The molecule has 5 heteroatoms. The molecule has 0 spiro atoms. The number of halogens is 1. The van der Waals surface area contributed by atoms with E-state index in [2.05, 4.69) is 0 Å². The van der Waals surface area contributed by atoms with Crippen molar-refractivity contribution in [2.45, 2.75) is 19.1 Å². The Hall–Kier alpha value is -1.33. The largest absolute Gasteiger partial charge is 0.496 e. The lowest BCUT2D eigenvalue weighted by Crippen LogP contribution is -2.16. The molecule has 0 heterocycles. The number of rotatable bonds is 5. The predicted molar refractivity (Wildman–Crippen MR) is 63.1 cm³/mol. The van der Waals surface area contributed by atoms with E-state index in [1.54, 1.807) is 12.1 Å². The average molecular weight is 243 g/mol. The molecule has 0 saturated carbocycles. The summed E-state index contributed by atoms with van der Waals surface area (Å²) < 4.78 is 23.7. The van der Waals surface area contributed by atoms with E-state index in [4.69, 9.17) is 20.3 Å². The van der Waals surface area contributed by atoms with E-state index in [-0.39, 0.29) is 6.61 Å². The third-order valence-corrected chi connectivity index (χ3v) is 2.61. The molecule has 17 heavy (non-hydrogen) atoms. The highest BCUT2D eigenvalue weighted by atomic mass is 19.1. The van der Waals surface area contributed by atoms with Gasteiger partial charge in [0.05, 0.1) is 26.9 Å². The lowest BCUT2D eigenvalue weighted by Gasteiger charge is -2.18. The van der Waals surface area contributed by atoms with Gasteiger partial charge in [0.15, 0.2) is 0 Å². The topological polar surface area (TPSA) is 64.7 Å². The molecule has 3 N–H and O–H groups in total. The number of alkyl halides is 1. The van der Waals surface area contributed by atoms with Crippen LogP contribution in [0.2, 0.25) is 0 Å². The van der Waals surface area contributed by atoms with Crippen LogP contribution in [0, 0.1) is 0 Å². The third-order valence-electron chi connectivity index (χ3n) is 2.61. The normalized spacial score (nSPS) is 14.2. The minimum Gasteiger partial charge on any atom is -0.496 e. The zero-order valence-corrected chi connectivity index (χ0v) is 10.2. The van der Waals surface area contributed by atoms with Crippen LogP contribution in [0.5, 0.6) is 11.5 Å². The van der Waals surface area contributed by atoms with Crippen molar-refractivity contribution in [3.8, 4) is 11.5 Å². The highest BCUT2D eigenvalue weighted by Crippen LogP contribution is 2.36. The van der Waals surface area contributed by atoms with Gasteiger partial charge in [-0.15, -0.1) is 0 Å². The van der Waals surface area contributed by atoms with E-state index in [1.807, 2.05) is 0 Å². The van der Waals surface area contributed by atoms with Gasteiger partial charge in [0.25, 0.3) is 0 Å². The van der Waals surface area contributed by atoms with Crippen LogP contribution in [0.1, 0.15) is 30.3 Å². The Morgan fingerprint density at radius 1 is 1.24 bits per heavy atom. The van der Waals surface area contributed by atoms with Gasteiger partial charge in [-0.1, -0.05) is 0 Å². The number of aliphatic hydroxyl groups excluding tert-OH is 1. The lowest BCUT2D eigenvalue weighted by atomic mass is 10.0. The second-order valence-electron chi connectivity index (χ2n) is 3.74. The number of ether oxygens (including phenoxy) is 2. The minimum atomic E-state index is -1.18. The first-order chi connectivity index (χ1) is 8.04. The van der Waals surface area contributed by atoms with Gasteiger partial charge in [0.1, 0.15) is 17.7 Å². The van der Waals surface area contributed by atoms with Crippen LogP contribution in [-0.4, -0.2) is 25.9 Å². The first-order valence-corrected chi connectivity index (χ1v) is 5.31. The van der Waals surface area contributed by atoms with Crippen LogP contribution in [0.4, 0.5) is 4.39 Å². The Morgan fingerprint density at radius 3 is 2.18 bits per heavy atom. The maximum atomic E-state index is 13.4. The molecule has 2 atom stereocenters. The maximum Gasteiger partial charge on any atom is 0.128 e. The van der Waals surface area contributed by atoms with Gasteiger partial charge in [-0.05, 0) is 13.0 Å². The van der Waals surface area contributed by atoms with Crippen molar-refractivity contribution in [3.05, 3.63) is 23.3 Å². The Balaban J connectivity index is 3.33. The summed E-state index contributed by atoms with van der Waals surface area (Å²) in [6.07, 6.45) is -1.18. The van der Waals surface area contributed by atoms with E-state index < -0.39 is 12.2 Å². The summed E-state index contributed by atoms with van der Waals surface area (Å²) in [4.78, 5) is 0. The van der Waals surface area contributed by atoms with E-state index in [1.165, 1.54) is 21.1 Å². The first-order valence-electron chi connectivity index (χ1n) is 5.31. The van der Waals surface area contributed by atoms with Gasteiger partial charge in [-0.2, -0.15) is 0 Å². The van der Waals surface area contributed by atoms with Crippen molar-refractivity contribution in [1.82, 2.24) is 0 Å². The molecule has 0 radical (unpaired) electrons. The Labute approximate surface area is 100 Å². The number of benzene rings is 1. The number of hydrogen-bond acceptors (Lipinski definition) is 4. The summed E-state index contributed by atoms with van der Waals surface area (Å²) in [7, 11) is 2.95. The molecule has 0 aliphatic rings. The van der Waals surface area contributed by atoms with Crippen LogP contribution < -0.4 is 15.2 Å². The fourth-order valence-corrected chi connectivity index (χ4v) is 1.65. The van der Waals surface area contributed by atoms with Gasteiger partial charge in [0.2, 0.25) is 0 Å². The summed E-state index contributed by atoms with van der Waals surface area (Å²) in [5.41, 5.74) is 6.70. The van der Waals surface area contributed by atoms with Crippen molar-refractivity contribution in [3.63, 3.8) is 0 Å². The number of aliphatic hydroxyl groups is 1. The zero-order chi connectivity index (χ0) is 13.0. The summed E-state index contributed by atoms with van der Waals surface area (Å²) in [5.74, 6) is 0.888. The van der Waals surface area contributed by atoms with Gasteiger partial charge in [-0.3, -0.25) is 0 Å². The van der Waals surface area contributed by atoms with Gasteiger partial charge in [-0.25, -0.2) is 4.39 Å². The number of hydrogen-bond donors (Lipinski definition) is 2. The fourth-order valence-electron chi connectivity index (χ4n) is 1.65. The summed E-state index contributed by atoms with van der Waals surface area (Å²) in [6, 6.07) is 2.55. The molecule has 0 aliphatic carbocycles. The quantitative estimate of drug-likeness (QED) is 0.826. The molecule has 96 valence electrons. The molecule has 0 aliphatic heterocycles. The lowest BCUT2D eigenvalue weighted by molar-refractivity contribution is 0.263. The van der Waals surface area contributed by atoms with Crippen molar-refractivity contribution < 1.29 is 19.0 Å². The van der Waals surface area contributed by atoms with E-state index in [0.29, 0.717) is 22.6 Å². The smallest absolute Gasteiger partial charge is 0.128 e. The second kappa shape index (κ2) is 5.84. The van der Waals surface area contributed by atoms with Crippen LogP contribution in [0.25, 0.3) is 0 Å². The molecule has 4 nitrogen and oxygen atoms in total. The average Bonchev–Trinajstić information content (AvgIpc) is 2.35. The molecular weight excluding hydrogens is 225 g/mol. The summed E-state index contributed by atoms with van der Waals surface area (Å²) in [6.45, 7) is 1.18. The van der Waals surface area contributed by atoms with Crippen molar-refractivity contribution in [1.29, 1.82) is 0 Å². The highest BCUT2D eigenvalue weighted by Gasteiger charge is 2.18. The number of methoxy groups -OCH3 is 2. The Morgan fingerprint density at radius 2 is 1.76 bits per heavy atom. The molecule has 0 fully saturated rings. The SMILES string of the molecule is COc1cc(OC)c(C(N)CO)cc1C(C)F. The van der Waals surface area contributed by atoms with Crippen LogP contribution >= 0.6 is 0 Å². The van der Waals surface area contributed by atoms with E-state index in [9.17, 15) is 4.39 Å². The van der Waals surface area contributed by atoms with Gasteiger partial charge >= 0.3 is 0 Å². The van der Waals surface area contributed by atoms with Gasteiger partial charge in [0, 0.05) is 17.2 Å². The monoisotopic (exact) mass is 243 g/mol. The molecule has 1 aromatic rings. The molecule has 1 aromatic carbocycles. The van der Waals surface area contributed by atoms with Crippen molar-refractivity contribution in [2.75, 3.05) is 20.8 Å². The second-order valence-corrected chi connectivity index (χ2v) is 3.74. The summed E-state index contributed by atoms with van der Waals surface area (Å²) >= 11 is 0. The fraction of sp³-hybridized carbons (Fsp3) is 0.500. The third kappa shape index (κ3) is 2.87. The summed E-state index contributed by atoms with van der Waals surface area (Å²) in [5, 5.41) is 9.06. The standard InChI is InChI=1S/C12H18FNO3/c1-7(13)8-4-9(10(14)6-15)12(17-3)5-11(8)16-2/h4-5,7,10,15H,6,14H2,1-3H3. The first kappa shape index (κ1) is 13.7. The maximum absolute atomic E-state index is 13.4. The van der Waals surface area contributed by atoms with Crippen LogP contribution in [-0.2, 0) is 0 Å². The molecule has 0 amide bonds. The number of nitrogens with two attached hydrogens (primary N) is 1. The molecular formula is C12H18FNO3. The van der Waals surface area contributed by atoms with Crippen LogP contribution in [0.3, 0.4) is 0 Å². The molecule has 0 bridgehead atoms. The highest BCUT2D eigenvalue weighted by molar-refractivity contribution is 5.48. The van der Waals surface area contributed by atoms with Crippen LogP contribution in [0.15, 0.2) is 12.1 Å². The molecule has 0 saturated heterocycles. The van der Waals surface area contributed by atoms with E-state index >= 15 is 0 Å². The molecule has 1 rings (SSSR count). The van der Waals surface area contributed by atoms with Gasteiger partial charge < -0.3 is 20.3 Å². The molecule has 2 unspecified atom stereocenters. The van der Waals surface area contributed by atoms with Crippen molar-refractivity contribution in [2.24, 2.45) is 5.73 Å². The predicted octanol–water partition coefficient (Wildman–Crippen LogP) is 1.73.